The maximum absolute atomic E-state index is 12.1. The van der Waals surface area contributed by atoms with E-state index in [1.807, 2.05) is 42.5 Å². The third kappa shape index (κ3) is 4.55. The Morgan fingerprint density at radius 2 is 1.95 bits per heavy atom. The molecule has 0 aliphatic carbocycles. The van der Waals surface area contributed by atoms with Gasteiger partial charge in [0.25, 0.3) is 0 Å². The molecule has 1 amide bonds. The molecule has 0 N–H and O–H groups in total. The summed E-state index contributed by atoms with van der Waals surface area (Å²) in [5.74, 6) is 0. The lowest BCUT2D eigenvalue weighted by atomic mass is 10.2. The number of benzene rings is 1. The third-order valence-corrected chi connectivity index (χ3v) is 3.26. The number of rotatable bonds is 5. The fraction of sp³-hybridized carbons (Fsp3) is 0.267. The maximum atomic E-state index is 12.1. The standard InChI is InChI=1S/C15H15N3O2S/c1-3-20-15(19)18(11-12-7-5-4-6-8-12)13(9-16)14(10-17)21-2/h4-8H,3,11H2,1-2H3/b14-13-. The van der Waals surface area contributed by atoms with E-state index in [1.165, 1.54) is 4.90 Å². The molecule has 0 unspecified atom stereocenters. The van der Waals surface area contributed by atoms with Gasteiger partial charge < -0.3 is 4.74 Å². The number of ether oxygens (including phenoxy) is 1. The third-order valence-electron chi connectivity index (χ3n) is 2.57. The zero-order chi connectivity index (χ0) is 15.7. The summed E-state index contributed by atoms with van der Waals surface area (Å²) in [7, 11) is 0. The Morgan fingerprint density at radius 3 is 2.43 bits per heavy atom. The summed E-state index contributed by atoms with van der Waals surface area (Å²) in [6.07, 6.45) is 1.04. The fourth-order valence-corrected chi connectivity index (χ4v) is 2.07. The second kappa shape index (κ2) is 8.68. The topological polar surface area (TPSA) is 77.1 Å². The van der Waals surface area contributed by atoms with Crippen molar-refractivity contribution in [2.24, 2.45) is 0 Å². The van der Waals surface area contributed by atoms with E-state index in [9.17, 15) is 10.1 Å². The van der Waals surface area contributed by atoms with Crippen LogP contribution in [0.25, 0.3) is 0 Å². The highest BCUT2D eigenvalue weighted by Gasteiger charge is 2.23. The molecule has 0 fully saturated rings. The molecule has 0 aliphatic rings. The predicted molar refractivity (Wildman–Crippen MR) is 80.8 cm³/mol. The van der Waals surface area contributed by atoms with Gasteiger partial charge in [-0.3, -0.25) is 4.90 Å². The molecule has 6 heteroatoms. The molecule has 1 aromatic rings. The molecule has 1 aromatic carbocycles. The van der Waals surface area contributed by atoms with Gasteiger partial charge in [0.05, 0.1) is 13.2 Å². The van der Waals surface area contributed by atoms with Gasteiger partial charge in [0.2, 0.25) is 0 Å². The molecule has 108 valence electrons. The molecule has 0 heterocycles. The minimum absolute atomic E-state index is 0.00676. The van der Waals surface area contributed by atoms with Crippen molar-refractivity contribution in [3.05, 3.63) is 46.5 Å². The van der Waals surface area contributed by atoms with Crippen molar-refractivity contribution in [2.75, 3.05) is 12.9 Å². The van der Waals surface area contributed by atoms with E-state index >= 15 is 0 Å². The number of allylic oxidation sites excluding steroid dienone is 2. The molecule has 0 atom stereocenters. The van der Waals surface area contributed by atoms with Gasteiger partial charge >= 0.3 is 6.09 Å². The van der Waals surface area contributed by atoms with Crippen LogP contribution in [0.2, 0.25) is 0 Å². The molecular formula is C15H15N3O2S. The lowest BCUT2D eigenvalue weighted by Crippen LogP contribution is -2.30. The lowest BCUT2D eigenvalue weighted by molar-refractivity contribution is 0.118. The minimum Gasteiger partial charge on any atom is -0.449 e. The Labute approximate surface area is 128 Å². The van der Waals surface area contributed by atoms with Crippen LogP contribution in [0.5, 0.6) is 0 Å². The minimum atomic E-state index is -0.639. The van der Waals surface area contributed by atoms with E-state index in [1.54, 1.807) is 13.2 Å². The van der Waals surface area contributed by atoms with Crippen molar-refractivity contribution in [1.29, 1.82) is 10.5 Å². The average molecular weight is 301 g/mol. The zero-order valence-electron chi connectivity index (χ0n) is 11.9. The summed E-state index contributed by atoms with van der Waals surface area (Å²) >= 11 is 1.12. The monoisotopic (exact) mass is 301 g/mol. The highest BCUT2D eigenvalue weighted by Crippen LogP contribution is 2.21. The Hall–Kier alpha value is -2.44. The predicted octanol–water partition coefficient (Wildman–Crippen LogP) is 3.27. The van der Waals surface area contributed by atoms with E-state index in [2.05, 4.69) is 0 Å². The molecule has 0 aliphatic heterocycles. The molecule has 0 saturated heterocycles. The quantitative estimate of drug-likeness (QED) is 0.780. The molecule has 5 nitrogen and oxygen atoms in total. The van der Waals surface area contributed by atoms with Gasteiger partial charge in [0, 0.05) is 0 Å². The summed E-state index contributed by atoms with van der Waals surface area (Å²) in [4.78, 5) is 13.5. The van der Waals surface area contributed by atoms with Gasteiger partial charge in [-0.25, -0.2) is 4.79 Å². The van der Waals surface area contributed by atoms with Crippen LogP contribution < -0.4 is 0 Å². The zero-order valence-corrected chi connectivity index (χ0v) is 12.7. The first-order chi connectivity index (χ1) is 10.2. The van der Waals surface area contributed by atoms with E-state index in [0.29, 0.717) is 0 Å². The molecule has 1 rings (SSSR count). The number of carbonyl (C=O) groups excluding carboxylic acids is 1. The van der Waals surface area contributed by atoms with Crippen LogP contribution in [0, 0.1) is 22.7 Å². The van der Waals surface area contributed by atoms with Gasteiger partial charge in [0.15, 0.2) is 0 Å². The Balaban J connectivity index is 3.20. The summed E-state index contributed by atoms with van der Waals surface area (Å²) in [6.45, 7) is 2.06. The summed E-state index contributed by atoms with van der Waals surface area (Å²) in [5, 5.41) is 18.4. The van der Waals surface area contributed by atoms with Crippen LogP contribution in [0.3, 0.4) is 0 Å². The highest BCUT2D eigenvalue weighted by molar-refractivity contribution is 8.02. The highest BCUT2D eigenvalue weighted by atomic mass is 32.2. The molecule has 0 saturated carbocycles. The van der Waals surface area contributed by atoms with Crippen molar-refractivity contribution in [3.63, 3.8) is 0 Å². The maximum Gasteiger partial charge on any atom is 0.415 e. The second-order valence-corrected chi connectivity index (χ2v) is 4.69. The van der Waals surface area contributed by atoms with Gasteiger partial charge in [0.1, 0.15) is 22.7 Å². The number of carbonyl (C=O) groups is 1. The molecule has 0 radical (unpaired) electrons. The van der Waals surface area contributed by atoms with E-state index in [0.717, 1.165) is 17.3 Å². The molecule has 0 aromatic heterocycles. The summed E-state index contributed by atoms with van der Waals surface area (Å²) in [6, 6.07) is 13.1. The van der Waals surface area contributed by atoms with Gasteiger partial charge in [-0.2, -0.15) is 10.5 Å². The largest absolute Gasteiger partial charge is 0.449 e. The van der Waals surface area contributed by atoms with Crippen molar-refractivity contribution in [1.82, 2.24) is 4.90 Å². The first-order valence-corrected chi connectivity index (χ1v) is 7.47. The Kier molecular flexibility index (Phi) is 6.86. The number of nitrogens with zero attached hydrogens (tertiary/aromatic N) is 3. The second-order valence-electron chi connectivity index (χ2n) is 3.88. The van der Waals surface area contributed by atoms with Crippen LogP contribution in [-0.4, -0.2) is 23.9 Å². The van der Waals surface area contributed by atoms with Crippen LogP contribution in [0.4, 0.5) is 4.79 Å². The molecule has 0 spiro atoms. The van der Waals surface area contributed by atoms with Crippen molar-refractivity contribution < 1.29 is 9.53 Å². The lowest BCUT2D eigenvalue weighted by Gasteiger charge is -2.21. The van der Waals surface area contributed by atoms with E-state index in [4.69, 9.17) is 10.00 Å². The molecule has 21 heavy (non-hydrogen) atoms. The number of amides is 1. The van der Waals surface area contributed by atoms with E-state index in [-0.39, 0.29) is 23.8 Å². The SMILES string of the molecule is CCOC(=O)N(Cc1ccccc1)/C(C#N)=C(/C#N)SC. The fourth-order valence-electron chi connectivity index (χ4n) is 1.63. The van der Waals surface area contributed by atoms with Crippen LogP contribution in [-0.2, 0) is 11.3 Å². The van der Waals surface area contributed by atoms with Crippen LogP contribution in [0.15, 0.2) is 40.9 Å². The number of nitriles is 2. The molecule has 0 bridgehead atoms. The normalized spacial score (nSPS) is 10.9. The van der Waals surface area contributed by atoms with Gasteiger partial charge in [-0.1, -0.05) is 30.3 Å². The number of hydrogen-bond acceptors (Lipinski definition) is 5. The van der Waals surface area contributed by atoms with Gasteiger partial charge in [-0.05, 0) is 18.7 Å². The first-order valence-electron chi connectivity index (χ1n) is 6.24. The van der Waals surface area contributed by atoms with Crippen LogP contribution >= 0.6 is 11.8 Å². The smallest absolute Gasteiger partial charge is 0.415 e. The first kappa shape index (κ1) is 16.6. The van der Waals surface area contributed by atoms with Crippen molar-refractivity contribution in [2.45, 2.75) is 13.5 Å². The Bertz CT molecular complexity index is 600. The van der Waals surface area contributed by atoms with Crippen molar-refractivity contribution in [3.8, 4) is 12.1 Å². The van der Waals surface area contributed by atoms with Gasteiger partial charge in [-0.15, -0.1) is 11.8 Å². The number of thioether (sulfide) groups is 1. The van der Waals surface area contributed by atoms with Crippen LogP contribution in [0.1, 0.15) is 12.5 Å². The summed E-state index contributed by atoms with van der Waals surface area (Å²) < 4.78 is 4.98. The van der Waals surface area contributed by atoms with E-state index < -0.39 is 6.09 Å². The Morgan fingerprint density at radius 1 is 1.29 bits per heavy atom. The average Bonchev–Trinajstić information content (AvgIpc) is 2.52. The summed E-state index contributed by atoms with van der Waals surface area (Å²) in [5.41, 5.74) is 0.851. The molecular weight excluding hydrogens is 286 g/mol. The van der Waals surface area contributed by atoms with Crippen molar-refractivity contribution >= 4 is 17.9 Å². The number of hydrogen-bond donors (Lipinski definition) is 0.